The van der Waals surface area contributed by atoms with Crippen molar-refractivity contribution in [1.82, 2.24) is 4.98 Å². The van der Waals surface area contributed by atoms with E-state index < -0.39 is 0 Å². The lowest BCUT2D eigenvalue weighted by atomic mass is 10.2. The second-order valence-corrected chi connectivity index (χ2v) is 4.71. The van der Waals surface area contributed by atoms with Gasteiger partial charge in [-0.1, -0.05) is 0 Å². The molecular formula is C12H13N3OS. The number of hydrogen-bond donors (Lipinski definition) is 2. The lowest BCUT2D eigenvalue weighted by Gasteiger charge is -2.06. The number of carbonyl (C=O) groups is 1. The summed E-state index contributed by atoms with van der Waals surface area (Å²) in [5.41, 5.74) is 7.91. The second-order valence-electron chi connectivity index (χ2n) is 3.71. The Kier molecular flexibility index (Phi) is 3.39. The van der Waals surface area contributed by atoms with E-state index in [1.54, 1.807) is 17.8 Å². The highest BCUT2D eigenvalue weighted by atomic mass is 32.1. The van der Waals surface area contributed by atoms with Crippen molar-refractivity contribution in [3.8, 4) is 0 Å². The fraction of sp³-hybridized carbons (Fsp3) is 0.167. The van der Waals surface area contributed by atoms with Crippen LogP contribution >= 0.6 is 11.3 Å². The summed E-state index contributed by atoms with van der Waals surface area (Å²) >= 11 is 1.52. The average molecular weight is 247 g/mol. The van der Waals surface area contributed by atoms with Crippen LogP contribution in [0.3, 0.4) is 0 Å². The summed E-state index contributed by atoms with van der Waals surface area (Å²) < 4.78 is 0. The van der Waals surface area contributed by atoms with Crippen molar-refractivity contribution in [3.63, 3.8) is 0 Å². The normalized spacial score (nSPS) is 10.2. The van der Waals surface area contributed by atoms with Crippen LogP contribution in [0.15, 0.2) is 29.9 Å². The van der Waals surface area contributed by atoms with Gasteiger partial charge in [0.2, 0.25) is 5.91 Å². The van der Waals surface area contributed by atoms with Crippen LogP contribution < -0.4 is 11.1 Å². The van der Waals surface area contributed by atoms with Crippen molar-refractivity contribution in [2.75, 3.05) is 5.32 Å². The molecule has 2 aromatic rings. The Bertz CT molecular complexity index is 536. The fourth-order valence-corrected chi connectivity index (χ4v) is 2.25. The highest BCUT2D eigenvalue weighted by molar-refractivity contribution is 7.10. The molecule has 1 amide bonds. The van der Waals surface area contributed by atoms with Gasteiger partial charge in [0.15, 0.2) is 0 Å². The van der Waals surface area contributed by atoms with E-state index in [0.29, 0.717) is 12.1 Å². The monoisotopic (exact) mass is 247 g/mol. The molecule has 4 nitrogen and oxygen atoms in total. The molecule has 0 bridgehead atoms. The Balaban J connectivity index is 2.02. The van der Waals surface area contributed by atoms with Crippen LogP contribution in [-0.2, 0) is 6.54 Å². The molecule has 0 atom stereocenters. The summed E-state index contributed by atoms with van der Waals surface area (Å²) in [6.45, 7) is 2.69. The van der Waals surface area contributed by atoms with Crippen LogP contribution in [0.5, 0.6) is 0 Å². The molecule has 0 saturated heterocycles. The topological polar surface area (TPSA) is 68.0 Å². The molecule has 0 aliphatic heterocycles. The summed E-state index contributed by atoms with van der Waals surface area (Å²) in [5.74, 6) is -0.384. The van der Waals surface area contributed by atoms with E-state index in [2.05, 4.69) is 10.3 Å². The highest BCUT2D eigenvalue weighted by Crippen LogP contribution is 2.17. The maximum Gasteiger partial charge on any atom is 0.249 e. The van der Waals surface area contributed by atoms with Crippen LogP contribution in [0.25, 0.3) is 0 Å². The summed E-state index contributed by atoms with van der Waals surface area (Å²) in [5, 5.41) is 5.05. The van der Waals surface area contributed by atoms with Gasteiger partial charge >= 0.3 is 0 Å². The van der Waals surface area contributed by atoms with Crippen LogP contribution in [0.1, 0.15) is 20.8 Å². The zero-order chi connectivity index (χ0) is 12.3. The number of thiophene rings is 1. The van der Waals surface area contributed by atoms with Gasteiger partial charge in [-0.2, -0.15) is 0 Å². The van der Waals surface area contributed by atoms with E-state index >= 15 is 0 Å². The third-order valence-corrected chi connectivity index (χ3v) is 3.37. The molecule has 0 spiro atoms. The number of primary amides is 1. The zero-order valence-corrected chi connectivity index (χ0v) is 10.3. The van der Waals surface area contributed by atoms with Crippen molar-refractivity contribution in [1.29, 1.82) is 0 Å². The van der Waals surface area contributed by atoms with E-state index in [1.807, 2.05) is 19.1 Å². The molecule has 2 heterocycles. The number of nitrogens with two attached hydrogens (primary N) is 1. The third-order valence-electron chi connectivity index (χ3n) is 2.43. The standard InChI is InChI=1S/C12H13N3OS/c1-8-2-3-14-6-11(8)15-5-10-4-9(7-17-10)12(13)16/h2-4,6-7,15H,5H2,1H3,(H2,13,16). The van der Waals surface area contributed by atoms with Crippen LogP contribution in [-0.4, -0.2) is 10.9 Å². The molecule has 0 radical (unpaired) electrons. The number of aryl methyl sites for hydroxylation is 1. The summed E-state index contributed by atoms with van der Waals surface area (Å²) in [6, 6.07) is 3.76. The third kappa shape index (κ3) is 2.82. The lowest BCUT2D eigenvalue weighted by Crippen LogP contribution is -2.09. The maximum atomic E-state index is 10.9. The second kappa shape index (κ2) is 4.97. The largest absolute Gasteiger partial charge is 0.379 e. The van der Waals surface area contributed by atoms with Gasteiger partial charge < -0.3 is 11.1 Å². The molecule has 0 aromatic carbocycles. The Hall–Kier alpha value is -1.88. The van der Waals surface area contributed by atoms with Crippen LogP contribution in [0.4, 0.5) is 5.69 Å². The quantitative estimate of drug-likeness (QED) is 0.870. The van der Waals surface area contributed by atoms with Gasteiger partial charge in [0, 0.05) is 23.0 Å². The van der Waals surface area contributed by atoms with Gasteiger partial charge in [0.05, 0.1) is 17.4 Å². The number of hydrogen-bond acceptors (Lipinski definition) is 4. The molecule has 3 N–H and O–H groups in total. The van der Waals surface area contributed by atoms with E-state index in [4.69, 9.17) is 5.73 Å². The smallest absolute Gasteiger partial charge is 0.249 e. The predicted octanol–water partition coefficient (Wildman–Crippen LogP) is 2.16. The number of aromatic nitrogens is 1. The minimum absolute atomic E-state index is 0.384. The van der Waals surface area contributed by atoms with Crippen LogP contribution in [0, 0.1) is 6.92 Å². The number of amides is 1. The van der Waals surface area contributed by atoms with E-state index in [-0.39, 0.29) is 5.91 Å². The van der Waals surface area contributed by atoms with Gasteiger partial charge in [-0.05, 0) is 24.6 Å². The summed E-state index contributed by atoms with van der Waals surface area (Å²) in [7, 11) is 0. The van der Waals surface area contributed by atoms with Crippen molar-refractivity contribution in [2.24, 2.45) is 5.73 Å². The predicted molar refractivity (Wildman–Crippen MR) is 69.1 cm³/mol. The molecule has 0 aliphatic carbocycles. The summed E-state index contributed by atoms with van der Waals surface area (Å²) in [4.78, 5) is 16.1. The first-order chi connectivity index (χ1) is 8.16. The van der Waals surface area contributed by atoms with E-state index in [9.17, 15) is 4.79 Å². The van der Waals surface area contributed by atoms with Gasteiger partial charge in [0.25, 0.3) is 0 Å². The number of pyridine rings is 1. The number of nitrogens with zero attached hydrogens (tertiary/aromatic N) is 1. The summed E-state index contributed by atoms with van der Waals surface area (Å²) in [6.07, 6.45) is 3.55. The van der Waals surface area contributed by atoms with Crippen molar-refractivity contribution >= 4 is 22.9 Å². The Morgan fingerprint density at radius 3 is 3.06 bits per heavy atom. The molecule has 0 aliphatic rings. The first kappa shape index (κ1) is 11.6. The minimum atomic E-state index is -0.384. The molecular weight excluding hydrogens is 234 g/mol. The number of carbonyl (C=O) groups excluding carboxylic acids is 1. The highest BCUT2D eigenvalue weighted by Gasteiger charge is 2.05. The van der Waals surface area contributed by atoms with E-state index in [0.717, 1.165) is 16.1 Å². The Morgan fingerprint density at radius 1 is 1.59 bits per heavy atom. The average Bonchev–Trinajstić information content (AvgIpc) is 2.77. The first-order valence-corrected chi connectivity index (χ1v) is 6.06. The van der Waals surface area contributed by atoms with E-state index in [1.165, 1.54) is 11.3 Å². The maximum absolute atomic E-state index is 10.9. The van der Waals surface area contributed by atoms with Gasteiger partial charge in [-0.25, -0.2) is 0 Å². The lowest BCUT2D eigenvalue weighted by molar-refractivity contribution is 0.100. The molecule has 0 fully saturated rings. The molecule has 17 heavy (non-hydrogen) atoms. The Morgan fingerprint density at radius 2 is 2.41 bits per heavy atom. The molecule has 5 heteroatoms. The SMILES string of the molecule is Cc1ccncc1NCc1cc(C(N)=O)cs1. The van der Waals surface area contributed by atoms with Gasteiger partial charge in [-0.3, -0.25) is 9.78 Å². The number of nitrogens with one attached hydrogen (secondary N) is 1. The molecule has 2 rings (SSSR count). The van der Waals surface area contributed by atoms with Crippen molar-refractivity contribution in [2.45, 2.75) is 13.5 Å². The molecule has 0 unspecified atom stereocenters. The number of anilines is 1. The first-order valence-electron chi connectivity index (χ1n) is 5.18. The van der Waals surface area contributed by atoms with Crippen molar-refractivity contribution < 1.29 is 4.79 Å². The minimum Gasteiger partial charge on any atom is -0.379 e. The van der Waals surface area contributed by atoms with Gasteiger partial charge in [-0.15, -0.1) is 11.3 Å². The van der Waals surface area contributed by atoms with Gasteiger partial charge in [0.1, 0.15) is 0 Å². The molecule has 0 saturated carbocycles. The van der Waals surface area contributed by atoms with Crippen LogP contribution in [0.2, 0.25) is 0 Å². The molecule has 2 aromatic heterocycles. The fourth-order valence-electron chi connectivity index (χ4n) is 1.43. The zero-order valence-electron chi connectivity index (χ0n) is 9.43. The molecule has 88 valence electrons. The Labute approximate surface area is 103 Å². The van der Waals surface area contributed by atoms with Crippen molar-refractivity contribution in [3.05, 3.63) is 45.9 Å². The number of rotatable bonds is 4.